The third-order valence-corrected chi connectivity index (χ3v) is 8.45. The minimum Gasteiger partial charge on any atom is -0.460 e. The van der Waals surface area contributed by atoms with E-state index < -0.39 is 17.5 Å². The molecule has 10 nitrogen and oxygen atoms in total. The number of alkyl halides is 2. The number of nitrogens with zero attached hydrogens (tertiary/aromatic N) is 4. The number of nitrogens with one attached hydrogen (secondary N) is 2. The van der Waals surface area contributed by atoms with Crippen LogP contribution in [-0.4, -0.2) is 76.5 Å². The van der Waals surface area contributed by atoms with Crippen molar-refractivity contribution in [3.63, 3.8) is 0 Å². The number of carbonyl (C=O) groups excluding carboxylic acids is 3. The zero-order chi connectivity index (χ0) is 41.9. The molecular weight excluding hydrogens is 690 g/mol. The van der Waals surface area contributed by atoms with Gasteiger partial charge in [-0.25, -0.2) is 0 Å². The molecule has 2 N–H and O–H groups in total. The first-order valence-electron chi connectivity index (χ1n) is 19.3. The van der Waals surface area contributed by atoms with Gasteiger partial charge in [-0.15, -0.1) is 0 Å². The van der Waals surface area contributed by atoms with Crippen molar-refractivity contribution in [2.24, 2.45) is 10.9 Å². The fourth-order valence-electron chi connectivity index (χ4n) is 5.46. The van der Waals surface area contributed by atoms with Crippen LogP contribution in [-0.2, 0) is 31.6 Å². The Labute approximate surface area is 325 Å². The maximum atomic E-state index is 14.3. The molecule has 1 aromatic rings. The molecule has 54 heavy (non-hydrogen) atoms. The largest absolute Gasteiger partial charge is 0.460 e. The molecular formula is C42H72F2N6O4. The summed E-state index contributed by atoms with van der Waals surface area (Å²) in [5.41, 5.74) is 1.54. The van der Waals surface area contributed by atoms with Gasteiger partial charge < -0.3 is 20.3 Å². The van der Waals surface area contributed by atoms with Crippen molar-refractivity contribution in [3.8, 4) is 0 Å². The van der Waals surface area contributed by atoms with E-state index in [9.17, 15) is 23.2 Å². The van der Waals surface area contributed by atoms with E-state index in [4.69, 9.17) is 4.74 Å². The molecule has 12 heteroatoms. The van der Waals surface area contributed by atoms with Gasteiger partial charge in [-0.1, -0.05) is 77.5 Å². The molecule has 0 radical (unpaired) electrons. The lowest BCUT2D eigenvalue weighted by Gasteiger charge is -2.30. The van der Waals surface area contributed by atoms with Crippen LogP contribution in [0.3, 0.4) is 0 Å². The summed E-state index contributed by atoms with van der Waals surface area (Å²) < 4.78 is 34.8. The molecule has 2 rings (SSSR count). The summed E-state index contributed by atoms with van der Waals surface area (Å²) in [6.45, 7) is 24.4. The maximum Gasteiger partial charge on any atom is 0.303 e. The monoisotopic (exact) mass is 763 g/mol. The fraction of sp³-hybridized carbons (Fsp3) is 0.690. The second-order valence-corrected chi connectivity index (χ2v) is 16.0. The minimum atomic E-state index is -3.13. The zero-order valence-electron chi connectivity index (χ0n) is 36.1. The third-order valence-electron chi connectivity index (χ3n) is 8.45. The van der Waals surface area contributed by atoms with Gasteiger partial charge in [0.25, 0.3) is 5.92 Å². The Balaban J connectivity index is 0.00000136. The van der Waals surface area contributed by atoms with Crippen LogP contribution in [0.2, 0.25) is 0 Å². The number of esters is 1. The van der Waals surface area contributed by atoms with Crippen molar-refractivity contribution in [1.29, 1.82) is 0 Å². The highest BCUT2D eigenvalue weighted by Gasteiger charge is 2.33. The fourth-order valence-corrected chi connectivity index (χ4v) is 5.46. The van der Waals surface area contributed by atoms with Gasteiger partial charge in [-0.2, -0.15) is 13.9 Å². The van der Waals surface area contributed by atoms with Gasteiger partial charge >= 0.3 is 5.97 Å². The number of carbonyl (C=O) groups is 3. The Bertz CT molecular complexity index is 1450. The summed E-state index contributed by atoms with van der Waals surface area (Å²) in [7, 11) is 3.56. The second-order valence-electron chi connectivity index (χ2n) is 16.0. The van der Waals surface area contributed by atoms with Crippen LogP contribution in [0.4, 0.5) is 8.78 Å². The topological polar surface area (TPSA) is 118 Å². The van der Waals surface area contributed by atoms with Gasteiger partial charge in [0.15, 0.2) is 0 Å². The molecule has 0 spiro atoms. The number of unbranched alkanes of at least 4 members (excludes halogenated alkanes) is 2. The Morgan fingerprint density at radius 1 is 1.06 bits per heavy atom. The molecule has 1 aliphatic rings. The van der Waals surface area contributed by atoms with Crippen molar-refractivity contribution >= 4 is 29.6 Å². The van der Waals surface area contributed by atoms with E-state index in [0.29, 0.717) is 24.1 Å². The Hall–Kier alpha value is -3.83. The molecule has 0 saturated heterocycles. The average Bonchev–Trinajstić information content (AvgIpc) is 3.45. The summed E-state index contributed by atoms with van der Waals surface area (Å²) >= 11 is 0. The molecule has 2 amide bonds. The van der Waals surface area contributed by atoms with E-state index in [1.807, 2.05) is 64.9 Å². The van der Waals surface area contributed by atoms with E-state index >= 15 is 0 Å². The molecule has 1 aromatic heterocycles. The first kappa shape index (κ1) is 50.2. The molecule has 1 aliphatic heterocycles. The van der Waals surface area contributed by atoms with E-state index in [2.05, 4.69) is 41.5 Å². The first-order chi connectivity index (χ1) is 24.9. The second kappa shape index (κ2) is 23.8. The SMILES string of the molecule is CC(=O)OC(C)(C)C.CC/C(C)=C(/C=NC)c1cc(C(C)(F)F)nn1CC(C)(C)NC(=O)C(CC1=CN(C)CC=C1)NC(C)=O.CCCCCC(C)CC. The zero-order valence-corrected chi connectivity index (χ0v) is 36.1. The molecule has 2 heterocycles. The lowest BCUT2D eigenvalue weighted by atomic mass is 10.00. The van der Waals surface area contributed by atoms with Gasteiger partial charge in [-0.05, 0) is 65.5 Å². The number of allylic oxidation sites excluding steroid dienone is 3. The predicted molar refractivity (Wildman–Crippen MR) is 219 cm³/mol. The van der Waals surface area contributed by atoms with Crippen LogP contribution < -0.4 is 10.6 Å². The van der Waals surface area contributed by atoms with Crippen LogP contribution in [0.5, 0.6) is 0 Å². The molecule has 0 bridgehead atoms. The van der Waals surface area contributed by atoms with Crippen LogP contribution in [0.1, 0.15) is 146 Å². The number of ether oxygens (including phenoxy) is 1. The summed E-state index contributed by atoms with van der Waals surface area (Å²) in [5.74, 6) is -3.09. The number of likely N-dealkylation sites (N-methyl/N-ethyl adjacent to an activating group) is 1. The lowest BCUT2D eigenvalue weighted by Crippen LogP contribution is -2.54. The Kier molecular flexibility index (Phi) is 22.2. The van der Waals surface area contributed by atoms with Crippen molar-refractivity contribution in [1.82, 2.24) is 25.3 Å². The van der Waals surface area contributed by atoms with E-state index in [0.717, 1.165) is 30.5 Å². The van der Waals surface area contributed by atoms with E-state index in [1.54, 1.807) is 27.1 Å². The molecule has 2 unspecified atom stereocenters. The van der Waals surface area contributed by atoms with Crippen LogP contribution in [0, 0.1) is 5.92 Å². The highest BCUT2D eigenvalue weighted by molar-refractivity contribution is 6.10. The van der Waals surface area contributed by atoms with Gasteiger partial charge in [0.1, 0.15) is 17.3 Å². The average molecular weight is 763 g/mol. The van der Waals surface area contributed by atoms with Crippen molar-refractivity contribution in [2.45, 2.75) is 165 Å². The van der Waals surface area contributed by atoms with Crippen molar-refractivity contribution < 1.29 is 27.9 Å². The van der Waals surface area contributed by atoms with Crippen LogP contribution in [0.15, 0.2) is 40.6 Å². The highest BCUT2D eigenvalue weighted by atomic mass is 19.3. The number of halogens is 2. The third kappa shape index (κ3) is 21.2. The highest BCUT2D eigenvalue weighted by Crippen LogP contribution is 2.30. The number of rotatable bonds is 16. The minimum absolute atomic E-state index is 0.125. The molecule has 0 saturated carbocycles. The number of aromatic nitrogens is 2. The number of aliphatic imine (C=N–C) groups is 1. The van der Waals surface area contributed by atoms with Crippen molar-refractivity contribution in [3.05, 3.63) is 47.0 Å². The van der Waals surface area contributed by atoms with E-state index in [1.165, 1.54) is 56.7 Å². The summed E-state index contributed by atoms with van der Waals surface area (Å²) in [6.07, 6.45) is 15.5. The first-order valence-corrected chi connectivity index (χ1v) is 19.3. The molecule has 0 aromatic carbocycles. The number of hydrogen-bond donors (Lipinski definition) is 2. The summed E-state index contributed by atoms with van der Waals surface area (Å²) in [4.78, 5) is 41.5. The van der Waals surface area contributed by atoms with Crippen LogP contribution in [0.25, 0.3) is 5.57 Å². The van der Waals surface area contributed by atoms with Gasteiger partial charge in [0.2, 0.25) is 11.8 Å². The maximum absolute atomic E-state index is 14.3. The summed E-state index contributed by atoms with van der Waals surface area (Å²) in [6, 6.07) is 0.587. The van der Waals surface area contributed by atoms with E-state index in [-0.39, 0.29) is 35.6 Å². The summed E-state index contributed by atoms with van der Waals surface area (Å²) in [5, 5.41) is 9.93. The standard InChI is InChI=1S/C27H40F2N6O2.C9H20.C6H12O2/c1-9-18(2)21(15-30-7)23-14-24(27(6,28)29)33-35(23)17-26(4,5)32-25(37)22(31-19(3)36)13-20-11-10-12-34(8)16-20;1-4-6-7-8-9(3)5-2;1-5(7)8-6(2,3)4/h10-11,14-16,22H,9,12-13,17H2,1-8H3,(H,31,36)(H,32,37);9H,4-8H2,1-3H3;1-4H3/b21-18-,30-15?;;. The predicted octanol–water partition coefficient (Wildman–Crippen LogP) is 9.01. The van der Waals surface area contributed by atoms with Crippen LogP contribution >= 0.6 is 0 Å². The quantitative estimate of drug-likeness (QED) is 0.0987. The smallest absolute Gasteiger partial charge is 0.303 e. The van der Waals surface area contributed by atoms with Crippen molar-refractivity contribution in [2.75, 3.05) is 20.6 Å². The molecule has 0 fully saturated rings. The lowest BCUT2D eigenvalue weighted by molar-refractivity contribution is -0.151. The Morgan fingerprint density at radius 2 is 1.69 bits per heavy atom. The number of amides is 2. The molecule has 2 atom stereocenters. The van der Waals surface area contributed by atoms with Gasteiger partial charge in [0, 0.05) is 65.8 Å². The van der Waals surface area contributed by atoms with Gasteiger partial charge in [-0.3, -0.25) is 24.1 Å². The molecule has 308 valence electrons. The normalized spacial score (nSPS) is 14.8. The number of hydrogen-bond acceptors (Lipinski definition) is 7. The Morgan fingerprint density at radius 3 is 2.13 bits per heavy atom. The van der Waals surface area contributed by atoms with Gasteiger partial charge in [0.05, 0.1) is 17.8 Å². The molecule has 0 aliphatic carbocycles.